The molecule has 0 fully saturated rings. The average Bonchev–Trinajstić information content (AvgIpc) is 2.70. The third-order valence-corrected chi connectivity index (χ3v) is 4.18. The first-order valence-electron chi connectivity index (χ1n) is 8.49. The van der Waals surface area contributed by atoms with Gasteiger partial charge in [-0.25, -0.2) is 4.79 Å². The van der Waals surface area contributed by atoms with Crippen LogP contribution < -0.4 is 14.4 Å². The van der Waals surface area contributed by atoms with Gasteiger partial charge in [0.25, 0.3) is 5.91 Å². The number of fused-ring (bicyclic) bond motifs is 1. The van der Waals surface area contributed by atoms with Crippen LogP contribution in [-0.2, 0) is 20.7 Å². The van der Waals surface area contributed by atoms with E-state index >= 15 is 0 Å². The lowest BCUT2D eigenvalue weighted by Gasteiger charge is -2.29. The molecule has 26 heavy (non-hydrogen) atoms. The molecule has 1 aliphatic rings. The molecule has 2 aromatic carbocycles. The molecule has 0 saturated carbocycles. The predicted molar refractivity (Wildman–Crippen MR) is 96.6 cm³/mol. The smallest absolute Gasteiger partial charge is 0.344 e. The van der Waals surface area contributed by atoms with E-state index in [-0.39, 0.29) is 19.1 Å². The van der Waals surface area contributed by atoms with Crippen LogP contribution in [0.4, 0.5) is 5.69 Å². The predicted octanol–water partition coefficient (Wildman–Crippen LogP) is 2.60. The van der Waals surface area contributed by atoms with Gasteiger partial charge in [0.1, 0.15) is 0 Å². The lowest BCUT2D eigenvalue weighted by atomic mass is 10.0. The zero-order chi connectivity index (χ0) is 18.4. The van der Waals surface area contributed by atoms with Gasteiger partial charge in [0.05, 0.1) is 7.11 Å². The highest BCUT2D eigenvalue weighted by molar-refractivity contribution is 5.96. The van der Waals surface area contributed by atoms with E-state index < -0.39 is 5.97 Å². The molecule has 0 bridgehead atoms. The van der Waals surface area contributed by atoms with Crippen LogP contribution in [-0.4, -0.2) is 38.7 Å². The maximum absolute atomic E-state index is 12.4. The molecule has 0 aromatic heterocycles. The van der Waals surface area contributed by atoms with Crippen LogP contribution in [0.2, 0.25) is 0 Å². The second kappa shape index (κ2) is 8.38. The van der Waals surface area contributed by atoms with Crippen molar-refractivity contribution in [2.45, 2.75) is 12.8 Å². The number of ether oxygens (including phenoxy) is 3. The van der Waals surface area contributed by atoms with Crippen molar-refractivity contribution in [2.75, 3.05) is 31.8 Å². The summed E-state index contributed by atoms with van der Waals surface area (Å²) in [6.07, 6.45) is 1.85. The standard InChI is InChI=1S/C20H21NO5/c1-24-17-10-4-5-11-18(17)25-14-20(23)26-13-19(22)21-12-6-8-15-7-2-3-9-16(15)21/h2-5,7,9-11H,6,8,12-14H2,1H3. The number of benzene rings is 2. The third-order valence-electron chi connectivity index (χ3n) is 4.18. The third kappa shape index (κ3) is 4.14. The molecule has 1 aliphatic heterocycles. The summed E-state index contributed by atoms with van der Waals surface area (Å²) in [5.41, 5.74) is 2.03. The number of hydrogen-bond acceptors (Lipinski definition) is 5. The number of anilines is 1. The van der Waals surface area contributed by atoms with Crippen LogP contribution in [0.1, 0.15) is 12.0 Å². The molecule has 0 N–H and O–H groups in total. The Morgan fingerprint density at radius 1 is 1.00 bits per heavy atom. The van der Waals surface area contributed by atoms with Gasteiger partial charge in [-0.15, -0.1) is 0 Å². The molecule has 1 amide bonds. The monoisotopic (exact) mass is 355 g/mol. The first-order chi connectivity index (χ1) is 12.7. The Balaban J connectivity index is 1.51. The SMILES string of the molecule is COc1ccccc1OCC(=O)OCC(=O)N1CCCc2ccccc21. The van der Waals surface area contributed by atoms with E-state index in [0.717, 1.165) is 24.1 Å². The molecule has 0 spiro atoms. The van der Waals surface area contributed by atoms with Gasteiger partial charge >= 0.3 is 5.97 Å². The fraction of sp³-hybridized carbons (Fsp3) is 0.300. The van der Waals surface area contributed by atoms with Crippen LogP contribution in [0, 0.1) is 0 Å². The molecule has 0 radical (unpaired) electrons. The average molecular weight is 355 g/mol. The quantitative estimate of drug-likeness (QED) is 0.745. The summed E-state index contributed by atoms with van der Waals surface area (Å²) in [6.45, 7) is 0.0395. The molecular formula is C20H21NO5. The molecule has 0 unspecified atom stereocenters. The number of amides is 1. The van der Waals surface area contributed by atoms with Crippen molar-refractivity contribution < 1.29 is 23.8 Å². The number of methoxy groups -OCH3 is 1. The topological polar surface area (TPSA) is 65.1 Å². The van der Waals surface area contributed by atoms with Crippen molar-refractivity contribution in [1.82, 2.24) is 0 Å². The fourth-order valence-corrected chi connectivity index (χ4v) is 2.93. The molecule has 136 valence electrons. The van der Waals surface area contributed by atoms with Gasteiger partial charge < -0.3 is 19.1 Å². The molecule has 3 rings (SSSR count). The second-order valence-corrected chi connectivity index (χ2v) is 5.88. The van der Waals surface area contributed by atoms with E-state index in [4.69, 9.17) is 14.2 Å². The Hall–Kier alpha value is -3.02. The van der Waals surface area contributed by atoms with Gasteiger partial charge in [-0.1, -0.05) is 30.3 Å². The van der Waals surface area contributed by atoms with Crippen molar-refractivity contribution in [2.24, 2.45) is 0 Å². The summed E-state index contributed by atoms with van der Waals surface area (Å²) in [6, 6.07) is 14.8. The molecule has 2 aromatic rings. The zero-order valence-electron chi connectivity index (χ0n) is 14.6. The molecule has 0 aliphatic carbocycles. The Morgan fingerprint density at radius 3 is 2.54 bits per heavy atom. The normalized spacial score (nSPS) is 12.9. The molecule has 0 saturated heterocycles. The van der Waals surface area contributed by atoms with Crippen LogP contribution in [0.3, 0.4) is 0 Å². The summed E-state index contributed by atoms with van der Waals surface area (Å²) < 4.78 is 15.6. The number of esters is 1. The van der Waals surface area contributed by atoms with E-state index in [2.05, 4.69) is 0 Å². The number of carbonyl (C=O) groups is 2. The van der Waals surface area contributed by atoms with Crippen molar-refractivity contribution in [3.05, 3.63) is 54.1 Å². The minimum Gasteiger partial charge on any atom is -0.493 e. The number of hydrogen-bond donors (Lipinski definition) is 0. The maximum atomic E-state index is 12.4. The van der Waals surface area contributed by atoms with E-state index in [1.807, 2.05) is 24.3 Å². The Kier molecular flexibility index (Phi) is 5.73. The first-order valence-corrected chi connectivity index (χ1v) is 8.49. The lowest BCUT2D eigenvalue weighted by Crippen LogP contribution is -2.38. The van der Waals surface area contributed by atoms with Gasteiger partial charge in [0.2, 0.25) is 0 Å². The number of aryl methyl sites for hydroxylation is 1. The summed E-state index contributed by atoms with van der Waals surface area (Å²) in [7, 11) is 1.52. The number of carbonyl (C=O) groups excluding carboxylic acids is 2. The number of para-hydroxylation sites is 3. The maximum Gasteiger partial charge on any atom is 0.344 e. The highest BCUT2D eigenvalue weighted by Gasteiger charge is 2.23. The second-order valence-electron chi connectivity index (χ2n) is 5.88. The van der Waals surface area contributed by atoms with Crippen LogP contribution in [0.25, 0.3) is 0 Å². The van der Waals surface area contributed by atoms with Crippen LogP contribution in [0.5, 0.6) is 11.5 Å². The number of rotatable bonds is 6. The van der Waals surface area contributed by atoms with Gasteiger partial charge in [-0.05, 0) is 36.6 Å². The number of nitrogens with zero attached hydrogens (tertiary/aromatic N) is 1. The Bertz CT molecular complexity index is 789. The minimum absolute atomic E-state index is 0.234. The van der Waals surface area contributed by atoms with Gasteiger partial charge in [-0.2, -0.15) is 0 Å². The van der Waals surface area contributed by atoms with E-state index in [1.165, 1.54) is 7.11 Å². The van der Waals surface area contributed by atoms with Crippen LogP contribution in [0.15, 0.2) is 48.5 Å². The first kappa shape index (κ1) is 17.8. The van der Waals surface area contributed by atoms with Gasteiger partial charge in [-0.3, -0.25) is 4.79 Å². The molecule has 1 heterocycles. The summed E-state index contributed by atoms with van der Waals surface area (Å²) >= 11 is 0. The van der Waals surface area contributed by atoms with Gasteiger partial charge in [0.15, 0.2) is 24.7 Å². The van der Waals surface area contributed by atoms with Gasteiger partial charge in [0, 0.05) is 12.2 Å². The Labute approximate surface area is 152 Å². The Morgan fingerprint density at radius 2 is 1.73 bits per heavy atom. The van der Waals surface area contributed by atoms with E-state index in [9.17, 15) is 9.59 Å². The van der Waals surface area contributed by atoms with E-state index in [1.54, 1.807) is 29.2 Å². The lowest BCUT2D eigenvalue weighted by molar-refractivity contribution is -0.149. The zero-order valence-corrected chi connectivity index (χ0v) is 14.6. The molecule has 6 nitrogen and oxygen atoms in total. The van der Waals surface area contributed by atoms with E-state index in [0.29, 0.717) is 18.0 Å². The minimum atomic E-state index is -0.602. The summed E-state index contributed by atoms with van der Waals surface area (Å²) in [5, 5.41) is 0. The van der Waals surface area contributed by atoms with Crippen molar-refractivity contribution in [3.63, 3.8) is 0 Å². The molecular weight excluding hydrogens is 334 g/mol. The summed E-state index contributed by atoms with van der Waals surface area (Å²) in [5.74, 6) is 0.141. The molecule has 0 atom stereocenters. The van der Waals surface area contributed by atoms with Crippen LogP contribution >= 0.6 is 0 Å². The largest absolute Gasteiger partial charge is 0.493 e. The fourth-order valence-electron chi connectivity index (χ4n) is 2.93. The summed E-state index contributed by atoms with van der Waals surface area (Å²) in [4.78, 5) is 26.0. The molecule has 6 heteroatoms. The highest BCUT2D eigenvalue weighted by Crippen LogP contribution is 2.27. The highest BCUT2D eigenvalue weighted by atomic mass is 16.6. The van der Waals surface area contributed by atoms with Crippen molar-refractivity contribution >= 4 is 17.6 Å². The van der Waals surface area contributed by atoms with Crippen molar-refractivity contribution in [1.29, 1.82) is 0 Å². The van der Waals surface area contributed by atoms with Crippen molar-refractivity contribution in [3.8, 4) is 11.5 Å².